The number of piperidine rings is 1. The van der Waals surface area contributed by atoms with Crippen molar-refractivity contribution in [3.05, 3.63) is 35.9 Å². The Hall–Kier alpha value is -1.92. The highest BCUT2D eigenvalue weighted by Crippen LogP contribution is 2.32. The molecule has 1 saturated heterocycles. The van der Waals surface area contributed by atoms with Crippen LogP contribution in [0, 0.1) is 11.8 Å². The summed E-state index contributed by atoms with van der Waals surface area (Å²) in [6.07, 6.45) is 3.43. The van der Waals surface area contributed by atoms with E-state index in [9.17, 15) is 14.7 Å². The number of aliphatic hydroxyl groups is 1. The van der Waals surface area contributed by atoms with E-state index in [4.69, 9.17) is 4.74 Å². The fraction of sp³-hybridized carbons (Fsp3) is 0.619. The topological polar surface area (TPSA) is 78.9 Å². The molecule has 2 aliphatic rings. The summed E-state index contributed by atoms with van der Waals surface area (Å²) in [5.74, 6) is 0.338. The number of carbonyl (C=O) groups excluding carboxylic acids is 2. The first-order valence-electron chi connectivity index (χ1n) is 9.86. The van der Waals surface area contributed by atoms with E-state index in [1.807, 2.05) is 18.2 Å². The van der Waals surface area contributed by atoms with Crippen LogP contribution < -0.4 is 5.32 Å². The van der Waals surface area contributed by atoms with Gasteiger partial charge in [0.15, 0.2) is 0 Å². The van der Waals surface area contributed by atoms with Gasteiger partial charge in [-0.3, -0.25) is 9.59 Å². The molecule has 3 rings (SSSR count). The van der Waals surface area contributed by atoms with Crippen molar-refractivity contribution in [3.63, 3.8) is 0 Å². The molecule has 2 fully saturated rings. The molecule has 1 saturated carbocycles. The standard InChI is InChI=1S/C21H30N2O4/c1-27-14-20(25)23-9-7-16(8-10-23)21(26)22-19(17-12-18(24)13-17)11-15-5-3-2-4-6-15/h2-6,16-19,24H,7-14H2,1H3,(H,22,26)/t17?,18?,19-/m0/s1. The monoisotopic (exact) mass is 374 g/mol. The first-order valence-corrected chi connectivity index (χ1v) is 9.86. The van der Waals surface area contributed by atoms with E-state index in [0.717, 1.165) is 19.3 Å². The number of aliphatic hydroxyl groups excluding tert-OH is 1. The molecule has 1 atom stereocenters. The van der Waals surface area contributed by atoms with Crippen molar-refractivity contribution >= 4 is 11.8 Å². The van der Waals surface area contributed by atoms with Crippen LogP contribution in [-0.4, -0.2) is 60.8 Å². The maximum absolute atomic E-state index is 12.8. The zero-order chi connectivity index (χ0) is 19.2. The van der Waals surface area contributed by atoms with E-state index in [1.54, 1.807) is 4.90 Å². The summed E-state index contributed by atoms with van der Waals surface area (Å²) in [5, 5.41) is 12.9. The fourth-order valence-corrected chi connectivity index (χ4v) is 4.07. The molecule has 6 heteroatoms. The van der Waals surface area contributed by atoms with E-state index < -0.39 is 0 Å². The van der Waals surface area contributed by atoms with E-state index in [1.165, 1.54) is 12.7 Å². The Morgan fingerprint density at radius 2 is 1.89 bits per heavy atom. The van der Waals surface area contributed by atoms with Gasteiger partial charge in [0.1, 0.15) is 6.61 Å². The van der Waals surface area contributed by atoms with Gasteiger partial charge in [-0.1, -0.05) is 30.3 Å². The van der Waals surface area contributed by atoms with Crippen LogP contribution in [0.2, 0.25) is 0 Å². The number of hydrogen-bond donors (Lipinski definition) is 2. The van der Waals surface area contributed by atoms with Crippen LogP contribution in [0.15, 0.2) is 30.3 Å². The highest BCUT2D eigenvalue weighted by molar-refractivity contribution is 5.80. The van der Waals surface area contributed by atoms with Gasteiger partial charge in [-0.2, -0.15) is 0 Å². The third-order valence-corrected chi connectivity index (χ3v) is 5.83. The molecule has 0 unspecified atom stereocenters. The summed E-state index contributed by atoms with van der Waals surface area (Å²) in [5.41, 5.74) is 1.20. The summed E-state index contributed by atoms with van der Waals surface area (Å²) in [7, 11) is 1.52. The second-order valence-electron chi connectivity index (χ2n) is 7.78. The Labute approximate surface area is 160 Å². The number of methoxy groups -OCH3 is 1. The van der Waals surface area contributed by atoms with Gasteiger partial charge in [0.25, 0.3) is 0 Å². The first kappa shape index (κ1) is 19.8. The molecule has 0 aromatic heterocycles. The SMILES string of the molecule is COCC(=O)N1CCC(C(=O)N[C@@H](Cc2ccccc2)C2CC(O)C2)CC1. The molecular formula is C21H30N2O4. The molecule has 1 aliphatic carbocycles. The molecule has 0 bridgehead atoms. The van der Waals surface area contributed by atoms with Crippen LogP contribution in [0.4, 0.5) is 0 Å². The third-order valence-electron chi connectivity index (χ3n) is 5.83. The number of ether oxygens (including phenoxy) is 1. The summed E-state index contributed by atoms with van der Waals surface area (Å²) in [6.45, 7) is 1.30. The molecule has 1 aromatic rings. The second kappa shape index (κ2) is 9.33. The third kappa shape index (κ3) is 5.30. The lowest BCUT2D eigenvalue weighted by Crippen LogP contribution is -2.51. The lowest BCUT2D eigenvalue weighted by molar-refractivity contribution is -0.139. The number of nitrogens with one attached hydrogen (secondary N) is 1. The zero-order valence-electron chi connectivity index (χ0n) is 16.0. The van der Waals surface area contributed by atoms with Crippen LogP contribution in [-0.2, 0) is 20.7 Å². The number of amides is 2. The maximum Gasteiger partial charge on any atom is 0.248 e. The van der Waals surface area contributed by atoms with Gasteiger partial charge in [-0.15, -0.1) is 0 Å². The molecule has 1 aromatic carbocycles. The Morgan fingerprint density at radius 3 is 2.48 bits per heavy atom. The average molecular weight is 374 g/mol. The molecule has 0 spiro atoms. The highest BCUT2D eigenvalue weighted by Gasteiger charge is 2.36. The van der Waals surface area contributed by atoms with Crippen molar-refractivity contribution in [2.75, 3.05) is 26.8 Å². The maximum atomic E-state index is 12.8. The fourth-order valence-electron chi connectivity index (χ4n) is 4.07. The minimum absolute atomic E-state index is 0.0123. The molecule has 148 valence electrons. The number of likely N-dealkylation sites (tertiary alicyclic amines) is 1. The van der Waals surface area contributed by atoms with Crippen LogP contribution in [0.25, 0.3) is 0 Å². The summed E-state index contributed by atoms with van der Waals surface area (Å²) < 4.78 is 4.90. The lowest BCUT2D eigenvalue weighted by atomic mass is 9.75. The number of nitrogens with zero attached hydrogens (tertiary/aromatic N) is 1. The zero-order valence-corrected chi connectivity index (χ0v) is 16.0. The van der Waals surface area contributed by atoms with Gasteiger partial charge >= 0.3 is 0 Å². The van der Waals surface area contributed by atoms with Gasteiger partial charge < -0.3 is 20.1 Å². The Balaban J connectivity index is 1.54. The van der Waals surface area contributed by atoms with Crippen molar-refractivity contribution in [2.24, 2.45) is 11.8 Å². The van der Waals surface area contributed by atoms with Crippen molar-refractivity contribution in [3.8, 4) is 0 Å². The summed E-state index contributed by atoms with van der Waals surface area (Å²) in [4.78, 5) is 26.5. The van der Waals surface area contributed by atoms with Gasteiger partial charge in [0, 0.05) is 32.2 Å². The van der Waals surface area contributed by atoms with Gasteiger partial charge in [0.05, 0.1) is 6.10 Å². The van der Waals surface area contributed by atoms with E-state index in [-0.39, 0.29) is 36.5 Å². The molecule has 2 amide bonds. The summed E-state index contributed by atoms with van der Waals surface area (Å²) in [6, 6.07) is 10.2. The van der Waals surface area contributed by atoms with Crippen LogP contribution >= 0.6 is 0 Å². The number of hydrogen-bond acceptors (Lipinski definition) is 4. The molecule has 27 heavy (non-hydrogen) atoms. The van der Waals surface area contributed by atoms with E-state index in [0.29, 0.717) is 31.8 Å². The van der Waals surface area contributed by atoms with Gasteiger partial charge in [-0.25, -0.2) is 0 Å². The lowest BCUT2D eigenvalue weighted by Gasteiger charge is -2.39. The minimum atomic E-state index is -0.236. The summed E-state index contributed by atoms with van der Waals surface area (Å²) >= 11 is 0. The normalized spacial score (nSPS) is 24.1. The second-order valence-corrected chi connectivity index (χ2v) is 7.78. The first-order chi connectivity index (χ1) is 13.1. The van der Waals surface area contributed by atoms with Gasteiger partial charge in [0.2, 0.25) is 11.8 Å². The minimum Gasteiger partial charge on any atom is -0.393 e. The molecule has 0 radical (unpaired) electrons. The van der Waals surface area contributed by atoms with Crippen LogP contribution in [0.3, 0.4) is 0 Å². The number of carbonyl (C=O) groups is 2. The smallest absolute Gasteiger partial charge is 0.248 e. The molecule has 1 aliphatic heterocycles. The molecule has 2 N–H and O–H groups in total. The molecular weight excluding hydrogens is 344 g/mol. The van der Waals surface area contributed by atoms with Crippen LogP contribution in [0.1, 0.15) is 31.2 Å². The Kier molecular flexibility index (Phi) is 6.85. The number of benzene rings is 1. The van der Waals surface area contributed by atoms with Crippen molar-refractivity contribution < 1.29 is 19.4 Å². The molecule has 6 nitrogen and oxygen atoms in total. The van der Waals surface area contributed by atoms with Gasteiger partial charge in [-0.05, 0) is 43.6 Å². The predicted molar refractivity (Wildman–Crippen MR) is 102 cm³/mol. The molecule has 1 heterocycles. The Bertz CT molecular complexity index is 622. The van der Waals surface area contributed by atoms with Crippen molar-refractivity contribution in [1.82, 2.24) is 10.2 Å². The number of rotatable bonds is 7. The highest BCUT2D eigenvalue weighted by atomic mass is 16.5. The predicted octanol–water partition coefficient (Wildman–Crippen LogP) is 1.37. The average Bonchev–Trinajstić information content (AvgIpc) is 2.66. The van der Waals surface area contributed by atoms with E-state index >= 15 is 0 Å². The van der Waals surface area contributed by atoms with E-state index in [2.05, 4.69) is 17.4 Å². The van der Waals surface area contributed by atoms with Crippen LogP contribution in [0.5, 0.6) is 0 Å². The van der Waals surface area contributed by atoms with Crippen molar-refractivity contribution in [1.29, 1.82) is 0 Å². The quantitative estimate of drug-likeness (QED) is 0.756. The Morgan fingerprint density at radius 1 is 1.22 bits per heavy atom. The van der Waals surface area contributed by atoms with Crippen molar-refractivity contribution in [2.45, 2.75) is 44.2 Å². The largest absolute Gasteiger partial charge is 0.393 e.